The molecule has 1 heterocycles. The second kappa shape index (κ2) is 3.14. The van der Waals surface area contributed by atoms with Crippen LogP contribution in [0.25, 0.3) is 0 Å². The van der Waals surface area contributed by atoms with Gasteiger partial charge in [0.15, 0.2) is 0 Å². The Labute approximate surface area is 65.0 Å². The third kappa shape index (κ3) is 2.04. The van der Waals surface area contributed by atoms with E-state index in [1.807, 2.05) is 6.92 Å². The fourth-order valence-electron chi connectivity index (χ4n) is 0.762. The Balaban J connectivity index is 2.95. The molecule has 58 valence electrons. The average molecular weight is 150 g/mol. The zero-order valence-electron chi connectivity index (χ0n) is 6.45. The van der Waals surface area contributed by atoms with E-state index in [4.69, 9.17) is 0 Å². The predicted octanol–water partition coefficient (Wildman–Crippen LogP) is 0.819. The highest BCUT2D eigenvalue weighted by Crippen LogP contribution is 1.88. The van der Waals surface area contributed by atoms with Crippen molar-refractivity contribution in [2.45, 2.75) is 13.5 Å². The number of rotatable bonds is 2. The Morgan fingerprint density at radius 3 is 3.09 bits per heavy atom. The maximum atomic E-state index is 11.0. The highest BCUT2D eigenvalue weighted by Gasteiger charge is 1.93. The van der Waals surface area contributed by atoms with Gasteiger partial charge in [-0.1, -0.05) is 12.2 Å². The summed E-state index contributed by atoms with van der Waals surface area (Å²) in [6.07, 6.45) is 1.59. The van der Waals surface area contributed by atoms with E-state index in [0.29, 0.717) is 6.54 Å². The van der Waals surface area contributed by atoms with Crippen LogP contribution in [0.15, 0.2) is 35.3 Å². The van der Waals surface area contributed by atoms with Crippen molar-refractivity contribution in [1.82, 2.24) is 9.78 Å². The highest BCUT2D eigenvalue weighted by molar-refractivity contribution is 4.91. The van der Waals surface area contributed by atoms with Gasteiger partial charge >= 0.3 is 0 Å². The molecule has 3 nitrogen and oxygen atoms in total. The van der Waals surface area contributed by atoms with Crippen LogP contribution in [-0.2, 0) is 6.54 Å². The van der Waals surface area contributed by atoms with Crippen LogP contribution in [0.1, 0.15) is 6.92 Å². The molecule has 1 rings (SSSR count). The maximum Gasteiger partial charge on any atom is 0.267 e. The summed E-state index contributed by atoms with van der Waals surface area (Å²) in [6.45, 7) is 6.05. The van der Waals surface area contributed by atoms with Gasteiger partial charge in [-0.25, -0.2) is 4.68 Å². The molecule has 0 N–H and O–H groups in total. The van der Waals surface area contributed by atoms with Gasteiger partial charge in [-0.3, -0.25) is 4.79 Å². The second-order valence-corrected chi connectivity index (χ2v) is 2.48. The normalized spacial score (nSPS) is 9.55. The standard InChI is InChI=1S/C8H10N2O/c1-7(2)6-10-8(11)4-3-5-9-10/h3-5H,1,6H2,2H3. The Bertz CT molecular complexity index is 314. The first-order chi connectivity index (χ1) is 5.20. The zero-order chi connectivity index (χ0) is 8.27. The van der Waals surface area contributed by atoms with E-state index >= 15 is 0 Å². The molecule has 0 aliphatic carbocycles. The first-order valence-corrected chi connectivity index (χ1v) is 3.36. The summed E-state index contributed by atoms with van der Waals surface area (Å²) < 4.78 is 1.38. The fourth-order valence-corrected chi connectivity index (χ4v) is 0.762. The first-order valence-electron chi connectivity index (χ1n) is 3.36. The molecular formula is C8H10N2O. The molecule has 1 aromatic rings. The van der Waals surface area contributed by atoms with Crippen molar-refractivity contribution < 1.29 is 0 Å². The lowest BCUT2D eigenvalue weighted by molar-refractivity contribution is 0.632. The smallest absolute Gasteiger partial charge is 0.267 e. The molecule has 0 saturated heterocycles. The maximum absolute atomic E-state index is 11.0. The fraction of sp³-hybridized carbons (Fsp3) is 0.250. The van der Waals surface area contributed by atoms with E-state index in [2.05, 4.69) is 11.7 Å². The molecule has 0 bridgehead atoms. The van der Waals surface area contributed by atoms with Crippen molar-refractivity contribution in [2.24, 2.45) is 0 Å². The van der Waals surface area contributed by atoms with Crippen molar-refractivity contribution in [1.29, 1.82) is 0 Å². The molecule has 0 aliphatic rings. The minimum Gasteiger partial charge on any atom is -0.268 e. The number of hydrogen-bond donors (Lipinski definition) is 0. The minimum atomic E-state index is -0.0875. The van der Waals surface area contributed by atoms with Crippen LogP contribution in [0.3, 0.4) is 0 Å². The number of aromatic nitrogens is 2. The van der Waals surface area contributed by atoms with Gasteiger partial charge in [0.1, 0.15) is 0 Å². The van der Waals surface area contributed by atoms with Crippen LogP contribution in [0, 0.1) is 0 Å². The van der Waals surface area contributed by atoms with Gasteiger partial charge < -0.3 is 0 Å². The SMILES string of the molecule is C=C(C)Cn1ncccc1=O. The molecular weight excluding hydrogens is 140 g/mol. The average Bonchev–Trinajstić information content (AvgIpc) is 1.93. The molecule has 0 aliphatic heterocycles. The Morgan fingerprint density at radius 2 is 2.55 bits per heavy atom. The van der Waals surface area contributed by atoms with Crippen molar-refractivity contribution in [3.63, 3.8) is 0 Å². The van der Waals surface area contributed by atoms with Gasteiger partial charge in [0.05, 0.1) is 6.54 Å². The Hall–Kier alpha value is -1.38. The molecule has 11 heavy (non-hydrogen) atoms. The van der Waals surface area contributed by atoms with Crippen LogP contribution in [0.4, 0.5) is 0 Å². The van der Waals surface area contributed by atoms with E-state index in [0.717, 1.165) is 5.57 Å². The van der Waals surface area contributed by atoms with Crippen molar-refractivity contribution >= 4 is 0 Å². The van der Waals surface area contributed by atoms with E-state index in [9.17, 15) is 4.79 Å². The second-order valence-electron chi connectivity index (χ2n) is 2.48. The summed E-state index contributed by atoms with van der Waals surface area (Å²) in [6, 6.07) is 3.10. The van der Waals surface area contributed by atoms with Crippen LogP contribution < -0.4 is 5.56 Å². The molecule has 0 radical (unpaired) electrons. The van der Waals surface area contributed by atoms with E-state index in [1.165, 1.54) is 10.7 Å². The lowest BCUT2D eigenvalue weighted by Gasteiger charge is -2.00. The molecule has 0 fully saturated rings. The lowest BCUT2D eigenvalue weighted by Crippen LogP contribution is -2.21. The molecule has 0 amide bonds. The monoisotopic (exact) mass is 150 g/mol. The molecule has 0 saturated carbocycles. The molecule has 1 aromatic heterocycles. The van der Waals surface area contributed by atoms with E-state index in [-0.39, 0.29) is 5.56 Å². The number of hydrogen-bond acceptors (Lipinski definition) is 2. The van der Waals surface area contributed by atoms with Gasteiger partial charge in [-0.2, -0.15) is 5.10 Å². The molecule has 0 atom stereocenters. The number of nitrogens with zero attached hydrogens (tertiary/aromatic N) is 2. The molecule has 3 heteroatoms. The predicted molar refractivity (Wildman–Crippen MR) is 43.3 cm³/mol. The van der Waals surface area contributed by atoms with Crippen LogP contribution >= 0.6 is 0 Å². The van der Waals surface area contributed by atoms with Gasteiger partial charge in [-0.05, 0) is 13.0 Å². The molecule has 0 unspecified atom stereocenters. The van der Waals surface area contributed by atoms with Crippen LogP contribution in [-0.4, -0.2) is 9.78 Å². The summed E-state index contributed by atoms with van der Waals surface area (Å²) in [4.78, 5) is 11.0. The van der Waals surface area contributed by atoms with Gasteiger partial charge in [0, 0.05) is 12.3 Å². The van der Waals surface area contributed by atoms with Gasteiger partial charge in [0.2, 0.25) is 0 Å². The summed E-state index contributed by atoms with van der Waals surface area (Å²) in [7, 11) is 0. The highest BCUT2D eigenvalue weighted by atomic mass is 16.1. The largest absolute Gasteiger partial charge is 0.268 e. The molecule has 0 spiro atoms. The first kappa shape index (κ1) is 7.72. The van der Waals surface area contributed by atoms with Gasteiger partial charge in [-0.15, -0.1) is 0 Å². The van der Waals surface area contributed by atoms with Crippen molar-refractivity contribution in [2.75, 3.05) is 0 Å². The summed E-state index contributed by atoms with van der Waals surface area (Å²) in [5.41, 5.74) is 0.835. The summed E-state index contributed by atoms with van der Waals surface area (Å²) in [5, 5.41) is 3.86. The quantitative estimate of drug-likeness (QED) is 0.585. The van der Waals surface area contributed by atoms with Crippen LogP contribution in [0.5, 0.6) is 0 Å². The van der Waals surface area contributed by atoms with E-state index in [1.54, 1.807) is 12.3 Å². The third-order valence-electron chi connectivity index (χ3n) is 1.21. The topological polar surface area (TPSA) is 34.9 Å². The lowest BCUT2D eigenvalue weighted by atomic mass is 10.3. The Morgan fingerprint density at radius 1 is 1.82 bits per heavy atom. The minimum absolute atomic E-state index is 0.0875. The number of allylic oxidation sites excluding steroid dienone is 1. The zero-order valence-corrected chi connectivity index (χ0v) is 6.45. The summed E-state index contributed by atoms with van der Waals surface area (Å²) >= 11 is 0. The van der Waals surface area contributed by atoms with Gasteiger partial charge in [0.25, 0.3) is 5.56 Å². The third-order valence-corrected chi connectivity index (χ3v) is 1.21. The van der Waals surface area contributed by atoms with E-state index < -0.39 is 0 Å². The van der Waals surface area contributed by atoms with Crippen molar-refractivity contribution in [3.05, 3.63) is 40.8 Å². The molecule has 0 aromatic carbocycles. The van der Waals surface area contributed by atoms with Crippen molar-refractivity contribution in [3.8, 4) is 0 Å². The Kier molecular flexibility index (Phi) is 2.21. The van der Waals surface area contributed by atoms with Crippen LogP contribution in [0.2, 0.25) is 0 Å². The summed E-state index contributed by atoms with van der Waals surface area (Å²) in [5.74, 6) is 0.